The molecule has 1 aromatic carbocycles. The third kappa shape index (κ3) is 3.42. The first-order valence-electron chi connectivity index (χ1n) is 4.71. The fourth-order valence-electron chi connectivity index (χ4n) is 1.26. The number of nitro groups is 1. The molecule has 0 aromatic heterocycles. The van der Waals surface area contributed by atoms with Crippen LogP contribution >= 0.6 is 15.9 Å². The van der Waals surface area contributed by atoms with Gasteiger partial charge in [-0.1, -0.05) is 22.0 Å². The summed E-state index contributed by atoms with van der Waals surface area (Å²) < 4.78 is 0. The first-order chi connectivity index (χ1) is 8.45. The Morgan fingerprint density at radius 2 is 2.06 bits per heavy atom. The lowest BCUT2D eigenvalue weighted by atomic mass is 10.1. The summed E-state index contributed by atoms with van der Waals surface area (Å²) in [5.74, 6) is -0.403. The second-order valence-corrected chi connectivity index (χ2v) is 3.73. The zero-order chi connectivity index (χ0) is 13.7. The van der Waals surface area contributed by atoms with Gasteiger partial charge in [-0.2, -0.15) is 4.99 Å². The molecule has 0 spiro atoms. The first-order valence-corrected chi connectivity index (χ1v) is 5.84. The van der Waals surface area contributed by atoms with Gasteiger partial charge in [0.15, 0.2) is 5.96 Å². The van der Waals surface area contributed by atoms with Crippen LogP contribution in [0.15, 0.2) is 28.2 Å². The Kier molecular flexibility index (Phi) is 4.60. The molecule has 6 N–H and O–H groups in total. The van der Waals surface area contributed by atoms with E-state index in [1.165, 1.54) is 12.1 Å². The summed E-state index contributed by atoms with van der Waals surface area (Å²) in [6.45, 7) is 0. The highest BCUT2D eigenvalue weighted by Gasteiger charge is 2.16. The Morgan fingerprint density at radius 1 is 1.39 bits per heavy atom. The van der Waals surface area contributed by atoms with Crippen LogP contribution in [0.5, 0.6) is 0 Å². The Bertz CT molecular complexity index is 524. The second-order valence-electron chi connectivity index (χ2n) is 3.17. The minimum Gasteiger partial charge on any atom is -0.370 e. The summed E-state index contributed by atoms with van der Waals surface area (Å²) in [6, 6.07) is 4.47. The molecule has 0 aliphatic carbocycles. The van der Waals surface area contributed by atoms with Crippen LogP contribution in [-0.2, 0) is 5.33 Å². The number of rotatable bonds is 3. The molecule has 18 heavy (non-hydrogen) atoms. The van der Waals surface area contributed by atoms with Gasteiger partial charge in [0.1, 0.15) is 0 Å². The van der Waals surface area contributed by atoms with Crippen LogP contribution < -0.4 is 17.2 Å². The second kappa shape index (κ2) is 5.96. The van der Waals surface area contributed by atoms with Crippen LogP contribution in [0.3, 0.4) is 0 Å². The largest absolute Gasteiger partial charge is 0.370 e. The number of nitrogens with zero attached hydrogens (tertiary/aromatic N) is 3. The number of alkyl halides is 1. The summed E-state index contributed by atoms with van der Waals surface area (Å²) in [7, 11) is 0. The smallest absolute Gasteiger partial charge is 0.275 e. The molecule has 8 nitrogen and oxygen atoms in total. The molecule has 0 atom stereocenters. The Labute approximate surface area is 111 Å². The van der Waals surface area contributed by atoms with E-state index < -0.39 is 4.92 Å². The Hall–Kier alpha value is -2.16. The van der Waals surface area contributed by atoms with Gasteiger partial charge in [-0.05, 0) is 6.07 Å². The van der Waals surface area contributed by atoms with Gasteiger partial charge >= 0.3 is 0 Å². The molecule has 0 heterocycles. The molecule has 0 fully saturated rings. The number of benzene rings is 1. The van der Waals surface area contributed by atoms with Crippen LogP contribution in [0.4, 0.5) is 11.4 Å². The van der Waals surface area contributed by atoms with Gasteiger partial charge in [0.25, 0.3) is 5.69 Å². The van der Waals surface area contributed by atoms with Crippen molar-refractivity contribution in [2.24, 2.45) is 27.2 Å². The third-order valence-corrected chi connectivity index (χ3v) is 2.50. The molecule has 9 heteroatoms. The maximum Gasteiger partial charge on any atom is 0.275 e. The summed E-state index contributed by atoms with van der Waals surface area (Å²) in [5, 5.41) is 11.1. The number of guanidine groups is 2. The fourth-order valence-corrected chi connectivity index (χ4v) is 1.83. The van der Waals surface area contributed by atoms with Crippen LogP contribution in [0.2, 0.25) is 0 Å². The molecule has 0 bridgehead atoms. The van der Waals surface area contributed by atoms with Gasteiger partial charge in [-0.15, -0.1) is 0 Å². The van der Waals surface area contributed by atoms with Gasteiger partial charge in [0.05, 0.1) is 16.2 Å². The van der Waals surface area contributed by atoms with Crippen molar-refractivity contribution in [3.63, 3.8) is 0 Å². The molecule has 0 aliphatic heterocycles. The molecule has 1 rings (SSSR count). The predicted molar refractivity (Wildman–Crippen MR) is 72.8 cm³/mol. The van der Waals surface area contributed by atoms with Gasteiger partial charge < -0.3 is 17.2 Å². The van der Waals surface area contributed by atoms with E-state index in [4.69, 9.17) is 17.2 Å². The maximum absolute atomic E-state index is 10.8. The van der Waals surface area contributed by atoms with Crippen LogP contribution in [0.25, 0.3) is 0 Å². The minimum absolute atomic E-state index is 0.0503. The molecular formula is C9H11BrN6O2. The maximum atomic E-state index is 10.8. The van der Waals surface area contributed by atoms with Gasteiger partial charge in [0.2, 0.25) is 5.96 Å². The van der Waals surface area contributed by atoms with Crippen LogP contribution in [0.1, 0.15) is 5.56 Å². The van der Waals surface area contributed by atoms with E-state index in [0.717, 1.165) is 0 Å². The van der Waals surface area contributed by atoms with Crippen molar-refractivity contribution in [3.8, 4) is 0 Å². The highest BCUT2D eigenvalue weighted by Crippen LogP contribution is 2.30. The molecule has 0 saturated heterocycles. The van der Waals surface area contributed by atoms with Crippen molar-refractivity contribution in [2.75, 3.05) is 0 Å². The van der Waals surface area contributed by atoms with E-state index in [-0.39, 0.29) is 22.9 Å². The van der Waals surface area contributed by atoms with Crippen LogP contribution in [-0.4, -0.2) is 16.8 Å². The Morgan fingerprint density at radius 3 is 2.56 bits per heavy atom. The third-order valence-electron chi connectivity index (χ3n) is 1.94. The van der Waals surface area contributed by atoms with Crippen LogP contribution in [0, 0.1) is 10.1 Å². The average Bonchev–Trinajstić information content (AvgIpc) is 2.27. The van der Waals surface area contributed by atoms with Crippen molar-refractivity contribution in [1.82, 2.24) is 0 Å². The number of nitro benzene ring substituents is 1. The molecule has 1 aromatic rings. The number of nitrogens with two attached hydrogens (primary N) is 3. The fraction of sp³-hybridized carbons (Fsp3) is 0.111. The highest BCUT2D eigenvalue weighted by atomic mass is 79.9. The Balaban J connectivity index is 3.29. The van der Waals surface area contributed by atoms with E-state index >= 15 is 0 Å². The lowest BCUT2D eigenvalue weighted by Gasteiger charge is -2.03. The summed E-state index contributed by atoms with van der Waals surface area (Å²) >= 11 is 3.17. The van der Waals surface area contributed by atoms with Gasteiger partial charge in [0, 0.05) is 11.4 Å². The molecule has 0 radical (unpaired) electrons. The number of hydrogen-bond acceptors (Lipinski definition) is 3. The number of aliphatic imine (C=N–C) groups is 2. The van der Waals surface area contributed by atoms with E-state index in [2.05, 4.69) is 25.9 Å². The van der Waals surface area contributed by atoms with E-state index in [1.54, 1.807) is 6.07 Å². The van der Waals surface area contributed by atoms with Crippen molar-refractivity contribution >= 4 is 39.2 Å². The lowest BCUT2D eigenvalue weighted by Crippen LogP contribution is -2.26. The average molecular weight is 315 g/mol. The zero-order valence-corrected chi connectivity index (χ0v) is 10.8. The minimum atomic E-state index is -0.494. The van der Waals surface area contributed by atoms with Crippen molar-refractivity contribution < 1.29 is 4.92 Å². The highest BCUT2D eigenvalue weighted by molar-refractivity contribution is 9.08. The molecule has 0 unspecified atom stereocenters. The summed E-state index contributed by atoms with van der Waals surface area (Å²) in [4.78, 5) is 17.8. The van der Waals surface area contributed by atoms with Gasteiger partial charge in [-0.25, -0.2) is 4.99 Å². The summed E-state index contributed by atoms with van der Waals surface area (Å²) in [5.41, 5.74) is 16.4. The number of halogens is 1. The van der Waals surface area contributed by atoms with E-state index in [9.17, 15) is 10.1 Å². The SMILES string of the molecule is NC(N)=NC(N)=Nc1cccc([N+](=O)[O-])c1CBr. The van der Waals surface area contributed by atoms with E-state index in [0.29, 0.717) is 11.3 Å². The molecule has 0 saturated carbocycles. The normalized spacial score (nSPS) is 11.1. The van der Waals surface area contributed by atoms with E-state index in [1.807, 2.05) is 0 Å². The molecule has 0 aliphatic rings. The van der Waals surface area contributed by atoms with Crippen molar-refractivity contribution in [3.05, 3.63) is 33.9 Å². The molecule has 0 amide bonds. The molecule has 96 valence electrons. The molecular weight excluding hydrogens is 304 g/mol. The van der Waals surface area contributed by atoms with Crippen molar-refractivity contribution in [2.45, 2.75) is 5.33 Å². The van der Waals surface area contributed by atoms with Gasteiger partial charge in [-0.3, -0.25) is 10.1 Å². The number of hydrogen-bond donors (Lipinski definition) is 3. The predicted octanol–water partition coefficient (Wildman–Crippen LogP) is 0.709. The van der Waals surface area contributed by atoms with Crippen molar-refractivity contribution in [1.29, 1.82) is 0 Å². The quantitative estimate of drug-likeness (QED) is 0.247. The topological polar surface area (TPSA) is 146 Å². The zero-order valence-electron chi connectivity index (χ0n) is 9.21. The lowest BCUT2D eigenvalue weighted by molar-refractivity contribution is -0.385. The monoisotopic (exact) mass is 314 g/mol. The standard InChI is InChI=1S/C9H11BrN6O2/c10-4-5-6(14-9(13)15-8(11)12)2-1-3-7(5)16(17)18/h1-3H,4H2,(H6,11,12,13,14,15). The first kappa shape index (κ1) is 13.9. The summed E-state index contributed by atoms with van der Waals surface area (Å²) in [6.07, 6.45) is 0.